The fourth-order valence-corrected chi connectivity index (χ4v) is 1.55. The average molecular weight is 190 g/mol. The van der Waals surface area contributed by atoms with E-state index in [0.29, 0.717) is 16.7 Å². The lowest BCUT2D eigenvalue weighted by Crippen LogP contribution is -1.85. The van der Waals surface area contributed by atoms with E-state index in [-0.39, 0.29) is 6.10 Å². The SMILES string of the molecule is Clc1cncc(Cl)c1C1CO1. The van der Waals surface area contributed by atoms with Crippen LogP contribution in [0.3, 0.4) is 0 Å². The summed E-state index contributed by atoms with van der Waals surface area (Å²) >= 11 is 11.7. The molecule has 4 heteroatoms. The molecule has 1 fully saturated rings. The Morgan fingerprint density at radius 3 is 2.36 bits per heavy atom. The molecule has 1 atom stereocenters. The van der Waals surface area contributed by atoms with Crippen molar-refractivity contribution in [2.24, 2.45) is 0 Å². The van der Waals surface area contributed by atoms with Crippen LogP contribution in [-0.4, -0.2) is 11.6 Å². The molecule has 1 aromatic rings. The molecule has 11 heavy (non-hydrogen) atoms. The van der Waals surface area contributed by atoms with Gasteiger partial charge < -0.3 is 4.74 Å². The molecule has 0 amide bonds. The lowest BCUT2D eigenvalue weighted by atomic mass is 10.2. The smallest absolute Gasteiger partial charge is 0.109 e. The molecule has 0 saturated carbocycles. The van der Waals surface area contributed by atoms with Crippen molar-refractivity contribution in [3.63, 3.8) is 0 Å². The van der Waals surface area contributed by atoms with Gasteiger partial charge in [0.15, 0.2) is 0 Å². The number of halogens is 2. The molecule has 1 aromatic heterocycles. The minimum Gasteiger partial charge on any atom is -0.368 e. The van der Waals surface area contributed by atoms with Gasteiger partial charge in [-0.3, -0.25) is 4.98 Å². The van der Waals surface area contributed by atoms with Crippen LogP contribution >= 0.6 is 23.2 Å². The first-order valence-electron chi connectivity index (χ1n) is 3.19. The molecule has 2 nitrogen and oxygen atoms in total. The number of rotatable bonds is 1. The van der Waals surface area contributed by atoms with Gasteiger partial charge in [-0.05, 0) is 0 Å². The number of pyridine rings is 1. The molecular weight excluding hydrogens is 185 g/mol. The van der Waals surface area contributed by atoms with E-state index >= 15 is 0 Å². The van der Waals surface area contributed by atoms with E-state index in [1.807, 2.05) is 0 Å². The van der Waals surface area contributed by atoms with Crippen molar-refractivity contribution < 1.29 is 4.74 Å². The van der Waals surface area contributed by atoms with Gasteiger partial charge >= 0.3 is 0 Å². The van der Waals surface area contributed by atoms with Gasteiger partial charge in [0.05, 0.1) is 16.7 Å². The summed E-state index contributed by atoms with van der Waals surface area (Å²) in [6, 6.07) is 0. The Morgan fingerprint density at radius 1 is 1.36 bits per heavy atom. The zero-order valence-electron chi connectivity index (χ0n) is 5.55. The molecular formula is C7H5Cl2NO. The normalized spacial score (nSPS) is 21.8. The highest BCUT2D eigenvalue weighted by atomic mass is 35.5. The maximum absolute atomic E-state index is 5.84. The summed E-state index contributed by atoms with van der Waals surface area (Å²) in [5.41, 5.74) is 0.864. The predicted molar refractivity (Wildman–Crippen MR) is 43.0 cm³/mol. The van der Waals surface area contributed by atoms with Gasteiger partial charge in [-0.15, -0.1) is 0 Å². The zero-order chi connectivity index (χ0) is 7.84. The van der Waals surface area contributed by atoms with E-state index < -0.39 is 0 Å². The molecule has 2 heterocycles. The fraction of sp³-hybridized carbons (Fsp3) is 0.286. The summed E-state index contributed by atoms with van der Waals surface area (Å²) in [5.74, 6) is 0. The van der Waals surface area contributed by atoms with Crippen molar-refractivity contribution >= 4 is 23.2 Å². The highest BCUT2D eigenvalue weighted by molar-refractivity contribution is 6.35. The van der Waals surface area contributed by atoms with Gasteiger partial charge in [-0.1, -0.05) is 23.2 Å². The molecule has 1 unspecified atom stereocenters. The van der Waals surface area contributed by atoms with Crippen LogP contribution in [0.1, 0.15) is 11.7 Å². The second-order valence-electron chi connectivity index (χ2n) is 2.34. The van der Waals surface area contributed by atoms with Crippen molar-refractivity contribution in [2.45, 2.75) is 6.10 Å². The van der Waals surface area contributed by atoms with Crippen LogP contribution in [-0.2, 0) is 4.74 Å². The van der Waals surface area contributed by atoms with E-state index in [4.69, 9.17) is 27.9 Å². The third kappa shape index (κ3) is 1.34. The number of epoxide rings is 1. The molecule has 0 spiro atoms. The van der Waals surface area contributed by atoms with E-state index in [0.717, 1.165) is 5.56 Å². The first-order valence-corrected chi connectivity index (χ1v) is 3.95. The second-order valence-corrected chi connectivity index (χ2v) is 3.15. The average Bonchev–Trinajstić information content (AvgIpc) is 2.70. The van der Waals surface area contributed by atoms with Gasteiger partial charge in [-0.2, -0.15) is 0 Å². The first-order chi connectivity index (χ1) is 5.29. The highest BCUT2D eigenvalue weighted by Crippen LogP contribution is 2.38. The van der Waals surface area contributed by atoms with E-state index in [9.17, 15) is 0 Å². The van der Waals surface area contributed by atoms with Gasteiger partial charge in [0, 0.05) is 18.0 Å². The van der Waals surface area contributed by atoms with Crippen LogP contribution in [0.25, 0.3) is 0 Å². The fourth-order valence-electron chi connectivity index (χ4n) is 0.944. The summed E-state index contributed by atoms with van der Waals surface area (Å²) in [6.07, 6.45) is 3.24. The Bertz CT molecular complexity index is 266. The number of hydrogen-bond donors (Lipinski definition) is 0. The number of nitrogens with zero attached hydrogens (tertiary/aromatic N) is 1. The second kappa shape index (κ2) is 2.63. The van der Waals surface area contributed by atoms with Gasteiger partial charge in [0.2, 0.25) is 0 Å². The summed E-state index contributed by atoms with van der Waals surface area (Å²) < 4.78 is 5.06. The lowest BCUT2D eigenvalue weighted by molar-refractivity contribution is 0.415. The first kappa shape index (κ1) is 7.35. The third-order valence-corrected chi connectivity index (χ3v) is 2.15. The Hall–Kier alpha value is -0.310. The molecule has 0 N–H and O–H groups in total. The topological polar surface area (TPSA) is 25.4 Å². The Balaban J connectivity index is 2.48. The van der Waals surface area contributed by atoms with Crippen LogP contribution in [0.15, 0.2) is 12.4 Å². The molecule has 0 aromatic carbocycles. The summed E-state index contributed by atoms with van der Waals surface area (Å²) in [5, 5.41) is 1.17. The van der Waals surface area contributed by atoms with Crippen LogP contribution < -0.4 is 0 Å². The van der Waals surface area contributed by atoms with Gasteiger partial charge in [0.25, 0.3) is 0 Å². The van der Waals surface area contributed by atoms with E-state index in [1.165, 1.54) is 0 Å². The predicted octanol–water partition coefficient (Wildman–Crippen LogP) is 2.46. The maximum Gasteiger partial charge on any atom is 0.109 e. The molecule has 1 aliphatic rings. The molecule has 58 valence electrons. The minimum absolute atomic E-state index is 0.0954. The molecule has 0 radical (unpaired) electrons. The van der Waals surface area contributed by atoms with Crippen molar-refractivity contribution in [3.05, 3.63) is 28.0 Å². The Morgan fingerprint density at radius 2 is 1.91 bits per heavy atom. The third-order valence-electron chi connectivity index (χ3n) is 1.55. The number of hydrogen-bond acceptors (Lipinski definition) is 2. The molecule has 0 aliphatic carbocycles. The highest BCUT2D eigenvalue weighted by Gasteiger charge is 2.29. The lowest BCUT2D eigenvalue weighted by Gasteiger charge is -2.00. The monoisotopic (exact) mass is 189 g/mol. The quantitative estimate of drug-likeness (QED) is 0.635. The van der Waals surface area contributed by atoms with Crippen molar-refractivity contribution in [1.82, 2.24) is 4.98 Å². The Labute approximate surface area is 74.1 Å². The zero-order valence-corrected chi connectivity index (χ0v) is 7.06. The molecule has 0 bridgehead atoms. The van der Waals surface area contributed by atoms with Crippen LogP contribution in [0.2, 0.25) is 10.0 Å². The largest absolute Gasteiger partial charge is 0.368 e. The molecule has 1 saturated heterocycles. The number of ether oxygens (including phenoxy) is 1. The van der Waals surface area contributed by atoms with Crippen molar-refractivity contribution in [2.75, 3.05) is 6.61 Å². The standard InChI is InChI=1S/C7H5Cl2NO/c8-4-1-10-2-5(9)7(4)6-3-11-6/h1-2,6H,3H2. The van der Waals surface area contributed by atoms with Gasteiger partial charge in [0.1, 0.15) is 6.10 Å². The summed E-state index contributed by atoms with van der Waals surface area (Å²) in [7, 11) is 0. The summed E-state index contributed by atoms with van der Waals surface area (Å²) in [4.78, 5) is 3.84. The minimum atomic E-state index is 0.0954. The van der Waals surface area contributed by atoms with Crippen LogP contribution in [0, 0.1) is 0 Å². The van der Waals surface area contributed by atoms with E-state index in [1.54, 1.807) is 12.4 Å². The Kier molecular flexibility index (Phi) is 1.75. The van der Waals surface area contributed by atoms with Gasteiger partial charge in [-0.25, -0.2) is 0 Å². The molecule has 1 aliphatic heterocycles. The van der Waals surface area contributed by atoms with Crippen molar-refractivity contribution in [3.8, 4) is 0 Å². The molecule has 2 rings (SSSR count). The summed E-state index contributed by atoms with van der Waals surface area (Å²) in [6.45, 7) is 0.712. The maximum atomic E-state index is 5.84. The van der Waals surface area contributed by atoms with Crippen LogP contribution in [0.5, 0.6) is 0 Å². The van der Waals surface area contributed by atoms with Crippen LogP contribution in [0.4, 0.5) is 0 Å². The van der Waals surface area contributed by atoms with Crippen molar-refractivity contribution in [1.29, 1.82) is 0 Å². The van der Waals surface area contributed by atoms with E-state index in [2.05, 4.69) is 4.98 Å². The number of aromatic nitrogens is 1.